The number of ketones is 1. The molecule has 0 aliphatic heterocycles. The summed E-state index contributed by atoms with van der Waals surface area (Å²) < 4.78 is 4.72. The molecule has 0 aliphatic carbocycles. The number of hydrogen-bond acceptors (Lipinski definition) is 3. The van der Waals surface area contributed by atoms with Gasteiger partial charge in [-0.15, -0.1) is 0 Å². The van der Waals surface area contributed by atoms with Crippen molar-refractivity contribution in [3.8, 4) is 0 Å². The molecule has 0 bridgehead atoms. The van der Waals surface area contributed by atoms with Gasteiger partial charge in [0.25, 0.3) is 0 Å². The lowest BCUT2D eigenvalue weighted by Gasteiger charge is -2.13. The molecule has 0 saturated carbocycles. The quantitative estimate of drug-likeness (QED) is 0.534. The van der Waals surface area contributed by atoms with Gasteiger partial charge in [0, 0.05) is 6.42 Å². The van der Waals surface area contributed by atoms with Gasteiger partial charge in [-0.3, -0.25) is 9.59 Å². The Labute approximate surface area is 115 Å². The van der Waals surface area contributed by atoms with Crippen LogP contribution in [0.3, 0.4) is 0 Å². The van der Waals surface area contributed by atoms with Gasteiger partial charge in [0.2, 0.25) is 0 Å². The molecule has 0 heterocycles. The number of rotatable bonds is 8. The fourth-order valence-electron chi connectivity index (χ4n) is 2.05. The van der Waals surface area contributed by atoms with Crippen LogP contribution in [0.15, 0.2) is 30.3 Å². The van der Waals surface area contributed by atoms with E-state index in [1.165, 1.54) is 7.11 Å². The van der Waals surface area contributed by atoms with Crippen molar-refractivity contribution in [3.63, 3.8) is 0 Å². The topological polar surface area (TPSA) is 43.4 Å². The summed E-state index contributed by atoms with van der Waals surface area (Å²) in [6, 6.07) is 9.84. The zero-order valence-corrected chi connectivity index (χ0v) is 11.7. The Bertz CT molecular complexity index is 398. The monoisotopic (exact) mass is 262 g/mol. The highest BCUT2D eigenvalue weighted by molar-refractivity contribution is 5.98. The molecule has 3 nitrogen and oxygen atoms in total. The second kappa shape index (κ2) is 8.46. The van der Waals surface area contributed by atoms with Crippen molar-refractivity contribution >= 4 is 11.8 Å². The van der Waals surface area contributed by atoms with Crippen LogP contribution in [-0.2, 0) is 20.7 Å². The van der Waals surface area contributed by atoms with Crippen LogP contribution in [0.4, 0.5) is 0 Å². The van der Waals surface area contributed by atoms with Crippen molar-refractivity contribution < 1.29 is 14.3 Å². The molecule has 0 saturated heterocycles. The van der Waals surface area contributed by atoms with Gasteiger partial charge < -0.3 is 4.74 Å². The van der Waals surface area contributed by atoms with Crippen LogP contribution in [0.1, 0.15) is 38.2 Å². The number of unbranched alkanes of at least 4 members (excludes halogenated alkanes) is 1. The first-order chi connectivity index (χ1) is 9.19. The average Bonchev–Trinajstić information content (AvgIpc) is 2.46. The average molecular weight is 262 g/mol. The predicted molar refractivity (Wildman–Crippen MR) is 74.8 cm³/mol. The highest BCUT2D eigenvalue weighted by Crippen LogP contribution is 2.15. The van der Waals surface area contributed by atoms with E-state index in [1.54, 1.807) is 0 Å². The van der Waals surface area contributed by atoms with E-state index in [4.69, 9.17) is 4.74 Å². The van der Waals surface area contributed by atoms with Gasteiger partial charge >= 0.3 is 5.97 Å². The number of carbonyl (C=O) groups is 2. The van der Waals surface area contributed by atoms with Crippen molar-refractivity contribution in [3.05, 3.63) is 35.9 Å². The predicted octanol–water partition coefficient (Wildman–Crippen LogP) is 3.17. The van der Waals surface area contributed by atoms with Gasteiger partial charge in [0.15, 0.2) is 0 Å². The number of hydrogen-bond donors (Lipinski definition) is 0. The standard InChI is InChI=1S/C16H22O3/c1-3-4-10-14(16(18)19-2)15(17)12-11-13-8-6-5-7-9-13/h5-9,14H,3-4,10-12H2,1-2H3. The number of Topliss-reactive ketones (excluding diaryl/α,β-unsaturated/α-hetero) is 1. The molecule has 0 aromatic heterocycles. The Morgan fingerprint density at radius 1 is 1.21 bits per heavy atom. The van der Waals surface area contributed by atoms with Gasteiger partial charge in [0.1, 0.15) is 11.7 Å². The largest absolute Gasteiger partial charge is 0.468 e. The van der Waals surface area contributed by atoms with Crippen LogP contribution >= 0.6 is 0 Å². The van der Waals surface area contributed by atoms with Crippen molar-refractivity contribution in [2.24, 2.45) is 5.92 Å². The molecule has 104 valence electrons. The highest BCUT2D eigenvalue weighted by Gasteiger charge is 2.26. The van der Waals surface area contributed by atoms with Crippen LogP contribution in [0.5, 0.6) is 0 Å². The summed E-state index contributed by atoms with van der Waals surface area (Å²) in [7, 11) is 1.34. The van der Waals surface area contributed by atoms with Gasteiger partial charge in [0.05, 0.1) is 7.11 Å². The normalized spacial score (nSPS) is 11.9. The summed E-state index contributed by atoms with van der Waals surface area (Å²) in [5.74, 6) is -0.996. The van der Waals surface area contributed by atoms with Gasteiger partial charge in [-0.05, 0) is 18.4 Å². The van der Waals surface area contributed by atoms with E-state index >= 15 is 0 Å². The molecule has 0 fully saturated rings. The number of carbonyl (C=O) groups excluding carboxylic acids is 2. The summed E-state index contributed by atoms with van der Waals surface area (Å²) in [6.45, 7) is 2.04. The molecule has 3 heteroatoms. The van der Waals surface area contributed by atoms with Crippen molar-refractivity contribution in [1.29, 1.82) is 0 Å². The van der Waals surface area contributed by atoms with Crippen LogP contribution in [-0.4, -0.2) is 18.9 Å². The third-order valence-electron chi connectivity index (χ3n) is 3.22. The minimum atomic E-state index is -0.589. The number of benzene rings is 1. The lowest BCUT2D eigenvalue weighted by molar-refractivity contribution is -0.149. The lowest BCUT2D eigenvalue weighted by atomic mass is 9.93. The first kappa shape index (κ1) is 15.4. The molecule has 1 aromatic carbocycles. The zero-order valence-electron chi connectivity index (χ0n) is 11.7. The molecule has 1 rings (SSSR count). The van der Waals surface area contributed by atoms with Crippen molar-refractivity contribution in [2.45, 2.75) is 39.0 Å². The van der Waals surface area contributed by atoms with Crippen LogP contribution in [0.25, 0.3) is 0 Å². The van der Waals surface area contributed by atoms with E-state index in [9.17, 15) is 9.59 Å². The van der Waals surface area contributed by atoms with Gasteiger partial charge in [-0.2, -0.15) is 0 Å². The Balaban J connectivity index is 2.54. The Kier molecular flexibility index (Phi) is 6.86. The van der Waals surface area contributed by atoms with E-state index in [-0.39, 0.29) is 5.78 Å². The Morgan fingerprint density at radius 3 is 2.47 bits per heavy atom. The zero-order chi connectivity index (χ0) is 14.1. The molecule has 1 atom stereocenters. The molecular formula is C16H22O3. The summed E-state index contributed by atoms with van der Waals surface area (Å²) in [5.41, 5.74) is 1.12. The maximum Gasteiger partial charge on any atom is 0.316 e. The summed E-state index contributed by atoms with van der Waals surface area (Å²) in [5, 5.41) is 0. The number of methoxy groups -OCH3 is 1. The fourth-order valence-corrected chi connectivity index (χ4v) is 2.05. The number of esters is 1. The SMILES string of the molecule is CCCCC(C(=O)CCc1ccccc1)C(=O)OC. The van der Waals surface area contributed by atoms with Gasteiger partial charge in [-0.1, -0.05) is 50.1 Å². The van der Waals surface area contributed by atoms with Crippen LogP contribution in [0.2, 0.25) is 0 Å². The second-order valence-corrected chi connectivity index (χ2v) is 4.67. The molecule has 0 spiro atoms. The van der Waals surface area contributed by atoms with E-state index in [1.807, 2.05) is 37.3 Å². The second-order valence-electron chi connectivity index (χ2n) is 4.67. The first-order valence-corrected chi connectivity index (χ1v) is 6.83. The molecule has 0 amide bonds. The van der Waals surface area contributed by atoms with E-state index in [2.05, 4.69) is 0 Å². The maximum atomic E-state index is 12.1. The third kappa shape index (κ3) is 5.25. The number of ether oxygens (including phenoxy) is 1. The molecule has 0 aliphatic rings. The minimum Gasteiger partial charge on any atom is -0.468 e. The lowest BCUT2D eigenvalue weighted by Crippen LogP contribution is -2.25. The molecule has 1 aromatic rings. The number of aryl methyl sites for hydroxylation is 1. The summed E-state index contributed by atoms with van der Waals surface area (Å²) in [6.07, 6.45) is 3.51. The van der Waals surface area contributed by atoms with Gasteiger partial charge in [-0.25, -0.2) is 0 Å². The fraction of sp³-hybridized carbons (Fsp3) is 0.500. The first-order valence-electron chi connectivity index (χ1n) is 6.83. The molecule has 0 radical (unpaired) electrons. The Morgan fingerprint density at radius 2 is 1.89 bits per heavy atom. The van der Waals surface area contributed by atoms with E-state index in [0.29, 0.717) is 19.3 Å². The van der Waals surface area contributed by atoms with Crippen molar-refractivity contribution in [1.82, 2.24) is 0 Å². The van der Waals surface area contributed by atoms with Crippen molar-refractivity contribution in [2.75, 3.05) is 7.11 Å². The molecular weight excluding hydrogens is 240 g/mol. The molecule has 19 heavy (non-hydrogen) atoms. The van der Waals surface area contributed by atoms with E-state index < -0.39 is 11.9 Å². The molecule has 0 N–H and O–H groups in total. The van der Waals surface area contributed by atoms with Crippen LogP contribution in [0, 0.1) is 5.92 Å². The minimum absolute atomic E-state index is 0.0100. The Hall–Kier alpha value is -1.64. The molecule has 1 unspecified atom stereocenters. The summed E-state index contributed by atoms with van der Waals surface area (Å²) in [4.78, 5) is 23.7. The summed E-state index contributed by atoms with van der Waals surface area (Å²) >= 11 is 0. The van der Waals surface area contributed by atoms with E-state index in [0.717, 1.165) is 18.4 Å². The third-order valence-corrected chi connectivity index (χ3v) is 3.22. The van der Waals surface area contributed by atoms with Crippen LogP contribution < -0.4 is 0 Å². The smallest absolute Gasteiger partial charge is 0.316 e. The highest BCUT2D eigenvalue weighted by atomic mass is 16.5. The maximum absolute atomic E-state index is 12.1.